The summed E-state index contributed by atoms with van der Waals surface area (Å²) in [6.07, 6.45) is 3.48. The summed E-state index contributed by atoms with van der Waals surface area (Å²) in [6.45, 7) is 1.82. The molecule has 4 rings (SSSR count). The first-order valence-corrected chi connectivity index (χ1v) is 10.6. The van der Waals surface area contributed by atoms with E-state index in [4.69, 9.17) is 5.11 Å². The van der Waals surface area contributed by atoms with Crippen molar-refractivity contribution in [2.75, 3.05) is 12.0 Å². The van der Waals surface area contributed by atoms with Gasteiger partial charge in [0.2, 0.25) is 0 Å². The van der Waals surface area contributed by atoms with Crippen LogP contribution in [-0.4, -0.2) is 45.1 Å². The van der Waals surface area contributed by atoms with E-state index in [0.29, 0.717) is 29.8 Å². The normalized spacial score (nSPS) is 16.5. The van der Waals surface area contributed by atoms with Gasteiger partial charge < -0.3 is 10.2 Å². The number of phenols is 1. The van der Waals surface area contributed by atoms with E-state index in [1.54, 1.807) is 31.2 Å². The molecular formula is C24H23FN4O4. The molecule has 2 aliphatic rings. The van der Waals surface area contributed by atoms with Crippen LogP contribution in [0.4, 0.5) is 10.1 Å². The molecule has 3 N–H and O–H groups in total. The quantitative estimate of drug-likeness (QED) is 0.438. The molecule has 1 aliphatic heterocycles. The fourth-order valence-electron chi connectivity index (χ4n) is 3.89. The van der Waals surface area contributed by atoms with E-state index in [9.17, 15) is 19.1 Å². The predicted molar refractivity (Wildman–Crippen MR) is 123 cm³/mol. The van der Waals surface area contributed by atoms with Crippen LogP contribution in [0.15, 0.2) is 46.6 Å². The molecule has 1 heterocycles. The van der Waals surface area contributed by atoms with Crippen LogP contribution < -0.4 is 5.43 Å². The molecule has 33 heavy (non-hydrogen) atoms. The maximum atomic E-state index is 13.5. The van der Waals surface area contributed by atoms with Gasteiger partial charge >= 0.3 is 5.97 Å². The zero-order valence-electron chi connectivity index (χ0n) is 18.0. The van der Waals surface area contributed by atoms with Gasteiger partial charge in [-0.3, -0.25) is 15.0 Å². The molecule has 2 aromatic carbocycles. The minimum absolute atomic E-state index is 0.00277. The highest BCUT2D eigenvalue weighted by molar-refractivity contribution is 6.68. The van der Waals surface area contributed by atoms with Gasteiger partial charge in [0.25, 0.3) is 5.91 Å². The Labute approximate surface area is 189 Å². The molecule has 0 unspecified atom stereocenters. The van der Waals surface area contributed by atoms with Gasteiger partial charge in [0, 0.05) is 18.5 Å². The van der Waals surface area contributed by atoms with E-state index < -0.39 is 11.9 Å². The van der Waals surface area contributed by atoms with Crippen LogP contribution in [-0.2, 0) is 16.0 Å². The summed E-state index contributed by atoms with van der Waals surface area (Å²) in [5.74, 6) is -1.63. The van der Waals surface area contributed by atoms with E-state index >= 15 is 0 Å². The van der Waals surface area contributed by atoms with Gasteiger partial charge in [-0.25, -0.2) is 9.40 Å². The molecule has 0 radical (unpaired) electrons. The molecule has 0 saturated carbocycles. The van der Waals surface area contributed by atoms with E-state index in [1.165, 1.54) is 17.1 Å². The number of hydrogen-bond donors (Lipinski definition) is 3. The number of aromatic hydroxyl groups is 1. The molecule has 0 fully saturated rings. The van der Waals surface area contributed by atoms with Gasteiger partial charge in [-0.15, -0.1) is 0 Å². The molecule has 0 aromatic heterocycles. The second kappa shape index (κ2) is 9.23. The smallest absolute Gasteiger partial charge is 0.303 e. The van der Waals surface area contributed by atoms with Crippen LogP contribution in [0.25, 0.3) is 11.6 Å². The molecular weight excluding hydrogens is 427 g/mol. The molecule has 0 atom stereocenters. The Morgan fingerprint density at radius 2 is 2.09 bits per heavy atom. The highest BCUT2D eigenvalue weighted by Crippen LogP contribution is 2.38. The summed E-state index contributed by atoms with van der Waals surface area (Å²) in [5.41, 5.74) is 6.99. The number of halogens is 1. The summed E-state index contributed by atoms with van der Waals surface area (Å²) in [4.78, 5) is 23.2. The van der Waals surface area contributed by atoms with Crippen LogP contribution in [0.3, 0.4) is 0 Å². The topological polar surface area (TPSA) is 115 Å². The van der Waals surface area contributed by atoms with E-state index in [2.05, 4.69) is 15.6 Å². The van der Waals surface area contributed by atoms with Crippen molar-refractivity contribution in [3.63, 3.8) is 0 Å². The van der Waals surface area contributed by atoms with Crippen molar-refractivity contribution >= 4 is 40.6 Å². The third-order valence-electron chi connectivity index (χ3n) is 5.58. The second-order valence-electron chi connectivity index (χ2n) is 7.90. The number of phenolic OH excluding ortho intramolecular Hbond substituents is 1. The second-order valence-corrected chi connectivity index (χ2v) is 7.90. The number of fused-ring (bicyclic) bond motifs is 1. The Hall–Kier alpha value is -4.01. The first-order valence-electron chi connectivity index (χ1n) is 10.6. The number of benzene rings is 2. The average molecular weight is 450 g/mol. The average Bonchev–Trinajstić information content (AvgIpc) is 3.05. The molecule has 0 bridgehead atoms. The zero-order chi connectivity index (χ0) is 23.5. The summed E-state index contributed by atoms with van der Waals surface area (Å²) >= 11 is 0. The van der Waals surface area contributed by atoms with E-state index in [0.717, 1.165) is 16.7 Å². The van der Waals surface area contributed by atoms with Crippen LogP contribution in [0, 0.1) is 5.82 Å². The van der Waals surface area contributed by atoms with Gasteiger partial charge in [-0.2, -0.15) is 10.2 Å². The fraction of sp³-hybridized carbons (Fsp3) is 0.250. The Morgan fingerprint density at radius 1 is 1.27 bits per heavy atom. The summed E-state index contributed by atoms with van der Waals surface area (Å²) in [5, 5.41) is 29.1. The highest BCUT2D eigenvalue weighted by atomic mass is 19.1. The molecule has 2 aromatic rings. The number of hydrazone groups is 2. The number of para-hydroxylation sites is 1. The van der Waals surface area contributed by atoms with Crippen molar-refractivity contribution in [2.24, 2.45) is 10.2 Å². The van der Waals surface area contributed by atoms with Crippen molar-refractivity contribution in [3.05, 3.63) is 58.9 Å². The first kappa shape index (κ1) is 22.2. The number of nitrogens with zero attached hydrogens (tertiary/aromatic N) is 3. The van der Waals surface area contributed by atoms with Gasteiger partial charge in [0.05, 0.1) is 11.4 Å². The van der Waals surface area contributed by atoms with Gasteiger partial charge in [0.15, 0.2) is 5.71 Å². The molecule has 9 heteroatoms. The lowest BCUT2D eigenvalue weighted by molar-refractivity contribution is -0.137. The number of hydrogen-bond acceptors (Lipinski definition) is 6. The van der Waals surface area contributed by atoms with Gasteiger partial charge in [-0.1, -0.05) is 24.3 Å². The van der Waals surface area contributed by atoms with Crippen molar-refractivity contribution < 1.29 is 24.2 Å². The number of carboxylic acid groups (broad SMARTS) is 1. The zero-order valence-corrected chi connectivity index (χ0v) is 18.0. The number of nitrogens with one attached hydrogen (secondary N) is 1. The van der Waals surface area contributed by atoms with Crippen molar-refractivity contribution in [3.8, 4) is 5.75 Å². The van der Waals surface area contributed by atoms with E-state index in [1.807, 2.05) is 6.08 Å². The number of carbonyl (C=O) groups excluding carboxylic acids is 1. The highest BCUT2D eigenvalue weighted by Gasteiger charge is 2.29. The number of allylic oxidation sites excluding steroid dienone is 1. The Kier molecular flexibility index (Phi) is 6.21. The molecule has 0 saturated heterocycles. The lowest BCUT2D eigenvalue weighted by Crippen LogP contribution is -2.29. The number of amides is 1. The summed E-state index contributed by atoms with van der Waals surface area (Å²) in [6, 6.07) is 9.89. The fourth-order valence-corrected chi connectivity index (χ4v) is 3.89. The van der Waals surface area contributed by atoms with E-state index in [-0.39, 0.29) is 36.7 Å². The van der Waals surface area contributed by atoms with Gasteiger partial charge in [-0.05, 0) is 61.1 Å². The molecule has 1 aliphatic carbocycles. The number of aliphatic carboxylic acids is 1. The molecule has 170 valence electrons. The Balaban J connectivity index is 1.51. The number of aryl methyl sites for hydroxylation is 1. The molecule has 1 amide bonds. The minimum Gasteiger partial charge on any atom is -0.505 e. The Bertz CT molecular complexity index is 1220. The maximum Gasteiger partial charge on any atom is 0.303 e. The van der Waals surface area contributed by atoms with Crippen molar-refractivity contribution in [1.29, 1.82) is 0 Å². The maximum absolute atomic E-state index is 13.5. The summed E-state index contributed by atoms with van der Waals surface area (Å²) < 4.78 is 13.5. The standard InChI is InChI=1S/C24H23FN4O4/c1-14-22(24(33)29(28-14)11-3-6-21(30)31)27-26-20-5-2-4-19(23(20)32)17-8-7-16-13-18(25)10-9-15(16)12-17/h2,4-5,9-10,12-13,26,32H,3,6-8,11H2,1H3,(H,30,31)/b27-22-. The lowest BCUT2D eigenvalue weighted by Gasteiger charge is -2.18. The predicted octanol–water partition coefficient (Wildman–Crippen LogP) is 3.87. The number of anilines is 1. The number of carboxylic acids is 1. The lowest BCUT2D eigenvalue weighted by atomic mass is 9.88. The van der Waals surface area contributed by atoms with Crippen LogP contribution >= 0.6 is 0 Å². The third-order valence-corrected chi connectivity index (χ3v) is 5.58. The third kappa shape index (κ3) is 4.77. The summed E-state index contributed by atoms with van der Waals surface area (Å²) in [7, 11) is 0. The first-order chi connectivity index (χ1) is 15.8. The number of carbonyl (C=O) groups is 2. The molecule has 8 nitrogen and oxygen atoms in total. The van der Waals surface area contributed by atoms with Crippen LogP contribution in [0.5, 0.6) is 5.75 Å². The number of rotatable bonds is 7. The van der Waals surface area contributed by atoms with Crippen molar-refractivity contribution in [2.45, 2.75) is 32.6 Å². The minimum atomic E-state index is -0.933. The Morgan fingerprint density at radius 3 is 2.88 bits per heavy atom. The largest absolute Gasteiger partial charge is 0.505 e. The van der Waals surface area contributed by atoms with Gasteiger partial charge in [0.1, 0.15) is 11.6 Å². The SMILES string of the molecule is CC1=NN(CCCC(=O)O)C(=O)/C1=N\Nc1cccc(C2=Cc3ccc(F)cc3CC2)c1O. The molecule has 0 spiro atoms. The van der Waals surface area contributed by atoms with Crippen molar-refractivity contribution in [1.82, 2.24) is 5.01 Å². The van der Waals surface area contributed by atoms with Crippen LogP contribution in [0.1, 0.15) is 42.9 Å². The monoisotopic (exact) mass is 450 g/mol. The van der Waals surface area contributed by atoms with Crippen LogP contribution in [0.2, 0.25) is 0 Å².